The van der Waals surface area contributed by atoms with E-state index in [0.717, 1.165) is 50.1 Å². The Morgan fingerprint density at radius 1 is 1.10 bits per heavy atom. The molecule has 1 aromatic heterocycles. The first-order valence-corrected chi connectivity index (χ1v) is 10.2. The Balaban J connectivity index is 1.63. The number of hydrogen-bond acceptors (Lipinski definition) is 3. The molecule has 1 amide bonds. The average Bonchev–Trinajstić information content (AvgIpc) is 2.69. The third-order valence-electron chi connectivity index (χ3n) is 5.61. The van der Waals surface area contributed by atoms with E-state index in [1.807, 2.05) is 0 Å². The molecule has 0 saturated carbocycles. The highest BCUT2D eigenvalue weighted by Gasteiger charge is 2.18. The van der Waals surface area contributed by atoms with E-state index < -0.39 is 23.6 Å². The van der Waals surface area contributed by atoms with Crippen LogP contribution in [0.4, 0.5) is 8.78 Å². The standard InChI is InChI=1S/C23H23F2N3O2/c1-14(17-10-8-16(24)13-19(17)25)26-22(29)15-7-9-18-20(12-15)27-21-6-4-2-3-5-11-28(21)23(18)30/h7-10,12-14H,2-6,11H2,1H3,(H,26,29)/t14-/m0/s1. The number of benzene rings is 2. The van der Waals surface area contributed by atoms with Crippen LogP contribution in [-0.4, -0.2) is 15.5 Å². The summed E-state index contributed by atoms with van der Waals surface area (Å²) in [5.41, 5.74) is 0.938. The molecule has 1 aliphatic rings. The van der Waals surface area contributed by atoms with Crippen molar-refractivity contribution in [3.05, 3.63) is 75.3 Å². The molecule has 0 radical (unpaired) electrons. The van der Waals surface area contributed by atoms with Gasteiger partial charge in [-0.05, 0) is 44.0 Å². The molecule has 2 heterocycles. The molecule has 1 N–H and O–H groups in total. The van der Waals surface area contributed by atoms with Crippen molar-refractivity contribution in [1.29, 1.82) is 0 Å². The number of hydrogen-bond donors (Lipinski definition) is 1. The summed E-state index contributed by atoms with van der Waals surface area (Å²) in [4.78, 5) is 30.3. The lowest BCUT2D eigenvalue weighted by Crippen LogP contribution is -2.28. The van der Waals surface area contributed by atoms with E-state index in [-0.39, 0.29) is 11.1 Å². The summed E-state index contributed by atoms with van der Waals surface area (Å²) in [6.45, 7) is 2.29. The zero-order valence-electron chi connectivity index (χ0n) is 16.8. The molecule has 0 spiro atoms. The number of aromatic nitrogens is 2. The molecule has 5 nitrogen and oxygen atoms in total. The van der Waals surface area contributed by atoms with Crippen LogP contribution in [0.15, 0.2) is 41.2 Å². The summed E-state index contributed by atoms with van der Waals surface area (Å²) in [6, 6.07) is 7.40. The van der Waals surface area contributed by atoms with Crippen molar-refractivity contribution in [2.75, 3.05) is 0 Å². The van der Waals surface area contributed by atoms with E-state index in [2.05, 4.69) is 10.3 Å². The molecular weight excluding hydrogens is 388 g/mol. The van der Waals surface area contributed by atoms with Crippen molar-refractivity contribution in [3.63, 3.8) is 0 Å². The van der Waals surface area contributed by atoms with E-state index in [1.54, 1.807) is 29.7 Å². The second kappa shape index (κ2) is 8.34. The van der Waals surface area contributed by atoms with Gasteiger partial charge in [-0.2, -0.15) is 0 Å². The lowest BCUT2D eigenvalue weighted by Gasteiger charge is -2.17. The zero-order chi connectivity index (χ0) is 21.3. The molecule has 1 aliphatic heterocycles. The minimum atomic E-state index is -0.713. The quantitative estimate of drug-likeness (QED) is 0.700. The van der Waals surface area contributed by atoms with Crippen LogP contribution in [0.3, 0.4) is 0 Å². The third kappa shape index (κ3) is 3.97. The highest BCUT2D eigenvalue weighted by Crippen LogP contribution is 2.20. The second-order valence-corrected chi connectivity index (χ2v) is 7.74. The number of aryl methyl sites for hydroxylation is 1. The Hall–Kier alpha value is -3.09. The third-order valence-corrected chi connectivity index (χ3v) is 5.61. The van der Waals surface area contributed by atoms with E-state index in [0.29, 0.717) is 23.0 Å². The normalized spacial score (nSPS) is 15.2. The highest BCUT2D eigenvalue weighted by atomic mass is 19.1. The van der Waals surface area contributed by atoms with Gasteiger partial charge in [-0.1, -0.05) is 18.9 Å². The van der Waals surface area contributed by atoms with E-state index in [4.69, 9.17) is 0 Å². The molecule has 0 aliphatic carbocycles. The Morgan fingerprint density at radius 2 is 1.90 bits per heavy atom. The van der Waals surface area contributed by atoms with Crippen LogP contribution >= 0.6 is 0 Å². The molecule has 7 heteroatoms. The van der Waals surface area contributed by atoms with Gasteiger partial charge in [0.1, 0.15) is 17.5 Å². The van der Waals surface area contributed by atoms with Crippen LogP contribution in [0.2, 0.25) is 0 Å². The fraction of sp³-hybridized carbons (Fsp3) is 0.348. The number of fused-ring (bicyclic) bond motifs is 2. The van der Waals surface area contributed by atoms with Gasteiger partial charge >= 0.3 is 0 Å². The lowest BCUT2D eigenvalue weighted by molar-refractivity contribution is 0.0939. The molecular formula is C23H23F2N3O2. The fourth-order valence-electron chi connectivity index (χ4n) is 3.95. The number of rotatable bonds is 3. The van der Waals surface area contributed by atoms with Gasteiger partial charge in [0.25, 0.3) is 11.5 Å². The Morgan fingerprint density at radius 3 is 2.70 bits per heavy atom. The fourth-order valence-corrected chi connectivity index (χ4v) is 3.95. The predicted molar refractivity (Wildman–Crippen MR) is 110 cm³/mol. The first kappa shape index (κ1) is 20.2. The Kier molecular flexibility index (Phi) is 5.61. The van der Waals surface area contributed by atoms with Gasteiger partial charge in [0, 0.05) is 30.2 Å². The van der Waals surface area contributed by atoms with Crippen LogP contribution in [0.25, 0.3) is 10.9 Å². The summed E-state index contributed by atoms with van der Waals surface area (Å²) >= 11 is 0. The molecule has 0 fully saturated rings. The van der Waals surface area contributed by atoms with Crippen molar-refractivity contribution < 1.29 is 13.6 Å². The summed E-state index contributed by atoms with van der Waals surface area (Å²) in [5.74, 6) is -1.04. The van der Waals surface area contributed by atoms with Crippen molar-refractivity contribution >= 4 is 16.8 Å². The van der Waals surface area contributed by atoms with Crippen molar-refractivity contribution in [1.82, 2.24) is 14.9 Å². The molecule has 0 saturated heterocycles. The molecule has 1 atom stereocenters. The van der Waals surface area contributed by atoms with Crippen LogP contribution in [-0.2, 0) is 13.0 Å². The number of carbonyl (C=O) groups excluding carboxylic acids is 1. The maximum atomic E-state index is 14.0. The topological polar surface area (TPSA) is 64.0 Å². The maximum Gasteiger partial charge on any atom is 0.261 e. The van der Waals surface area contributed by atoms with Crippen LogP contribution < -0.4 is 10.9 Å². The first-order chi connectivity index (χ1) is 14.4. The summed E-state index contributed by atoms with van der Waals surface area (Å²) in [7, 11) is 0. The SMILES string of the molecule is C[C@H](NC(=O)c1ccc2c(=O)n3c(nc2c1)CCCCCC3)c1ccc(F)cc1F. The minimum absolute atomic E-state index is 0.0781. The van der Waals surface area contributed by atoms with E-state index in [1.165, 1.54) is 6.07 Å². The molecule has 3 aromatic rings. The van der Waals surface area contributed by atoms with Gasteiger partial charge in [-0.25, -0.2) is 13.8 Å². The van der Waals surface area contributed by atoms with Gasteiger partial charge < -0.3 is 5.32 Å². The monoisotopic (exact) mass is 411 g/mol. The first-order valence-electron chi connectivity index (χ1n) is 10.2. The van der Waals surface area contributed by atoms with Gasteiger partial charge in [0.2, 0.25) is 0 Å². The lowest BCUT2D eigenvalue weighted by atomic mass is 10.1. The second-order valence-electron chi connectivity index (χ2n) is 7.74. The smallest absolute Gasteiger partial charge is 0.261 e. The largest absolute Gasteiger partial charge is 0.345 e. The average molecular weight is 411 g/mol. The van der Waals surface area contributed by atoms with Gasteiger partial charge in [0.15, 0.2) is 0 Å². The molecule has 2 aromatic carbocycles. The maximum absolute atomic E-state index is 14.0. The van der Waals surface area contributed by atoms with Gasteiger partial charge in [-0.15, -0.1) is 0 Å². The predicted octanol–water partition coefficient (Wildman–Crippen LogP) is 4.28. The Bertz CT molecular complexity index is 1170. The number of amides is 1. The van der Waals surface area contributed by atoms with Crippen molar-refractivity contribution in [2.24, 2.45) is 0 Å². The molecule has 30 heavy (non-hydrogen) atoms. The number of halogens is 2. The molecule has 156 valence electrons. The van der Waals surface area contributed by atoms with Gasteiger partial charge in [0.05, 0.1) is 16.9 Å². The summed E-state index contributed by atoms with van der Waals surface area (Å²) < 4.78 is 28.9. The van der Waals surface area contributed by atoms with E-state index >= 15 is 0 Å². The van der Waals surface area contributed by atoms with E-state index in [9.17, 15) is 18.4 Å². The zero-order valence-corrected chi connectivity index (χ0v) is 16.8. The Labute approximate surface area is 172 Å². The van der Waals surface area contributed by atoms with Crippen LogP contribution in [0.5, 0.6) is 0 Å². The number of nitrogens with one attached hydrogen (secondary N) is 1. The highest BCUT2D eigenvalue weighted by molar-refractivity contribution is 5.97. The minimum Gasteiger partial charge on any atom is -0.345 e. The van der Waals surface area contributed by atoms with Crippen LogP contribution in [0, 0.1) is 11.6 Å². The van der Waals surface area contributed by atoms with Gasteiger partial charge in [-0.3, -0.25) is 14.2 Å². The summed E-state index contributed by atoms with van der Waals surface area (Å²) in [5, 5.41) is 3.20. The van der Waals surface area contributed by atoms with Crippen LogP contribution in [0.1, 0.15) is 60.4 Å². The molecule has 0 unspecified atom stereocenters. The number of nitrogens with zero attached hydrogens (tertiary/aromatic N) is 2. The molecule has 4 rings (SSSR count). The van der Waals surface area contributed by atoms with Crippen molar-refractivity contribution in [2.45, 2.75) is 51.6 Å². The van der Waals surface area contributed by atoms with Crippen molar-refractivity contribution in [3.8, 4) is 0 Å². The molecule has 0 bridgehead atoms. The summed E-state index contributed by atoms with van der Waals surface area (Å²) in [6.07, 6.45) is 4.91. The number of carbonyl (C=O) groups is 1.